The van der Waals surface area contributed by atoms with E-state index >= 15 is 0 Å². The van der Waals surface area contributed by atoms with Crippen LogP contribution in [0, 0.1) is 0 Å². The standard InChI is InChI=1S/C13H19NO3S/c1-2-14-6-9-18(15)11-4-5-12-13(10-11)17-8-3-7-16-12/h4-5,10,14H,2-3,6-9H2,1H3. The van der Waals surface area contributed by atoms with Gasteiger partial charge in [-0.2, -0.15) is 0 Å². The van der Waals surface area contributed by atoms with Crippen LogP contribution in [0.3, 0.4) is 0 Å². The van der Waals surface area contributed by atoms with E-state index in [-0.39, 0.29) is 0 Å². The minimum atomic E-state index is -0.987. The van der Waals surface area contributed by atoms with Crippen molar-refractivity contribution in [1.29, 1.82) is 0 Å². The van der Waals surface area contributed by atoms with E-state index in [2.05, 4.69) is 5.32 Å². The minimum Gasteiger partial charge on any atom is -0.490 e. The monoisotopic (exact) mass is 269 g/mol. The van der Waals surface area contributed by atoms with Crippen molar-refractivity contribution in [3.8, 4) is 11.5 Å². The van der Waals surface area contributed by atoms with E-state index in [4.69, 9.17) is 9.47 Å². The quantitative estimate of drug-likeness (QED) is 0.824. The maximum Gasteiger partial charge on any atom is 0.162 e. The van der Waals surface area contributed by atoms with E-state index in [9.17, 15) is 4.21 Å². The lowest BCUT2D eigenvalue weighted by molar-refractivity contribution is 0.297. The first-order valence-corrected chi connectivity index (χ1v) is 7.62. The van der Waals surface area contributed by atoms with Gasteiger partial charge in [-0.3, -0.25) is 4.21 Å². The van der Waals surface area contributed by atoms with Crippen LogP contribution in [-0.4, -0.2) is 36.3 Å². The van der Waals surface area contributed by atoms with Crippen LogP contribution in [0.25, 0.3) is 0 Å². The van der Waals surface area contributed by atoms with E-state index in [0.717, 1.165) is 30.2 Å². The van der Waals surface area contributed by atoms with Crippen LogP contribution in [0.5, 0.6) is 11.5 Å². The summed E-state index contributed by atoms with van der Waals surface area (Å²) in [5.74, 6) is 2.08. The van der Waals surface area contributed by atoms with Gasteiger partial charge in [0.1, 0.15) is 0 Å². The molecule has 100 valence electrons. The predicted molar refractivity (Wildman–Crippen MR) is 71.9 cm³/mol. The van der Waals surface area contributed by atoms with Crippen LogP contribution in [0.1, 0.15) is 13.3 Å². The van der Waals surface area contributed by atoms with Gasteiger partial charge >= 0.3 is 0 Å². The van der Waals surface area contributed by atoms with E-state index in [1.807, 2.05) is 25.1 Å². The van der Waals surface area contributed by atoms with Gasteiger partial charge in [0, 0.05) is 29.7 Å². The Kier molecular flexibility index (Phi) is 5.01. The molecule has 1 atom stereocenters. The first-order valence-electron chi connectivity index (χ1n) is 6.30. The molecule has 1 aromatic rings. The molecule has 0 bridgehead atoms. The fourth-order valence-electron chi connectivity index (χ4n) is 1.74. The Morgan fingerprint density at radius 1 is 1.28 bits per heavy atom. The summed E-state index contributed by atoms with van der Waals surface area (Å²) >= 11 is 0. The third kappa shape index (κ3) is 3.46. The SMILES string of the molecule is CCNCCS(=O)c1ccc2c(c1)OCCCO2. The number of fused-ring (bicyclic) bond motifs is 1. The molecule has 0 spiro atoms. The molecule has 0 aromatic heterocycles. The Hall–Kier alpha value is -1.07. The van der Waals surface area contributed by atoms with E-state index in [1.54, 1.807) is 0 Å². The number of nitrogens with one attached hydrogen (secondary N) is 1. The van der Waals surface area contributed by atoms with Gasteiger partial charge in [0.05, 0.1) is 24.0 Å². The van der Waals surface area contributed by atoms with Crippen LogP contribution in [0.15, 0.2) is 23.1 Å². The summed E-state index contributed by atoms with van der Waals surface area (Å²) < 4.78 is 23.2. The molecule has 1 unspecified atom stereocenters. The third-order valence-electron chi connectivity index (χ3n) is 2.70. The van der Waals surface area contributed by atoms with Crippen molar-refractivity contribution in [1.82, 2.24) is 5.32 Å². The van der Waals surface area contributed by atoms with Crippen molar-refractivity contribution in [2.75, 3.05) is 32.1 Å². The van der Waals surface area contributed by atoms with Gasteiger partial charge < -0.3 is 14.8 Å². The normalized spacial score (nSPS) is 16.1. The van der Waals surface area contributed by atoms with Crippen LogP contribution < -0.4 is 14.8 Å². The lowest BCUT2D eigenvalue weighted by Gasteiger charge is -2.09. The Morgan fingerprint density at radius 3 is 2.83 bits per heavy atom. The summed E-state index contributed by atoms with van der Waals surface area (Å²) in [5, 5.41) is 3.17. The van der Waals surface area contributed by atoms with Gasteiger partial charge in [0.2, 0.25) is 0 Å². The highest BCUT2D eigenvalue weighted by Gasteiger charge is 2.13. The molecule has 1 aromatic carbocycles. The van der Waals surface area contributed by atoms with Gasteiger partial charge in [-0.1, -0.05) is 6.92 Å². The molecular weight excluding hydrogens is 250 g/mol. The fraction of sp³-hybridized carbons (Fsp3) is 0.538. The fourth-order valence-corrected chi connectivity index (χ4v) is 2.77. The molecule has 5 heteroatoms. The molecule has 18 heavy (non-hydrogen) atoms. The largest absolute Gasteiger partial charge is 0.490 e. The highest BCUT2D eigenvalue weighted by atomic mass is 32.2. The van der Waals surface area contributed by atoms with Crippen LogP contribution in [-0.2, 0) is 10.8 Å². The van der Waals surface area contributed by atoms with Crippen LogP contribution >= 0.6 is 0 Å². The van der Waals surface area contributed by atoms with Gasteiger partial charge in [0.25, 0.3) is 0 Å². The molecule has 1 aliphatic heterocycles. The van der Waals surface area contributed by atoms with Crippen molar-refractivity contribution in [3.05, 3.63) is 18.2 Å². The molecule has 1 aliphatic rings. The van der Waals surface area contributed by atoms with Crippen molar-refractivity contribution >= 4 is 10.8 Å². The maximum absolute atomic E-state index is 12.1. The summed E-state index contributed by atoms with van der Waals surface area (Å²) in [6, 6.07) is 5.54. The number of rotatable bonds is 5. The Morgan fingerprint density at radius 2 is 2.06 bits per heavy atom. The van der Waals surface area contributed by atoms with Crippen molar-refractivity contribution in [2.24, 2.45) is 0 Å². The van der Waals surface area contributed by atoms with E-state index in [0.29, 0.717) is 24.7 Å². The summed E-state index contributed by atoms with van der Waals surface area (Å²) in [6.45, 7) is 5.03. The molecule has 0 aliphatic carbocycles. The lowest BCUT2D eigenvalue weighted by atomic mass is 10.3. The summed E-state index contributed by atoms with van der Waals surface area (Å²) in [4.78, 5) is 0.803. The zero-order valence-electron chi connectivity index (χ0n) is 10.6. The molecule has 0 saturated carbocycles. The molecule has 0 amide bonds. The maximum atomic E-state index is 12.1. The number of hydrogen-bond donors (Lipinski definition) is 1. The molecular formula is C13H19NO3S. The van der Waals surface area contributed by atoms with Gasteiger partial charge in [0.15, 0.2) is 11.5 Å². The van der Waals surface area contributed by atoms with Gasteiger partial charge in [-0.05, 0) is 18.7 Å². The highest BCUT2D eigenvalue weighted by Crippen LogP contribution is 2.31. The molecule has 4 nitrogen and oxygen atoms in total. The summed E-state index contributed by atoms with van der Waals surface area (Å²) in [5.41, 5.74) is 0. The number of hydrogen-bond acceptors (Lipinski definition) is 4. The zero-order valence-corrected chi connectivity index (χ0v) is 11.4. The molecule has 0 fully saturated rings. The van der Waals surface area contributed by atoms with Crippen molar-refractivity contribution in [3.63, 3.8) is 0 Å². The van der Waals surface area contributed by atoms with E-state index in [1.165, 1.54) is 0 Å². The van der Waals surface area contributed by atoms with Gasteiger partial charge in [-0.25, -0.2) is 0 Å². The average Bonchev–Trinajstić information content (AvgIpc) is 2.63. The Bertz CT molecular complexity index is 423. The van der Waals surface area contributed by atoms with Crippen LogP contribution in [0.4, 0.5) is 0 Å². The second-order valence-corrected chi connectivity index (χ2v) is 5.63. The van der Waals surface area contributed by atoms with Crippen molar-refractivity contribution < 1.29 is 13.7 Å². The Balaban J connectivity index is 2.05. The summed E-state index contributed by atoms with van der Waals surface area (Å²) in [6.07, 6.45) is 0.882. The molecule has 2 rings (SSSR count). The number of benzene rings is 1. The zero-order chi connectivity index (χ0) is 12.8. The summed E-state index contributed by atoms with van der Waals surface area (Å²) in [7, 11) is -0.987. The number of ether oxygens (including phenoxy) is 2. The molecule has 1 N–H and O–H groups in total. The molecule has 1 heterocycles. The minimum absolute atomic E-state index is 0.619. The third-order valence-corrected chi connectivity index (χ3v) is 4.05. The second-order valence-electron chi connectivity index (χ2n) is 4.06. The Labute approximate surface area is 110 Å². The van der Waals surface area contributed by atoms with Gasteiger partial charge in [-0.15, -0.1) is 0 Å². The second kappa shape index (κ2) is 6.75. The molecule has 0 radical (unpaired) electrons. The highest BCUT2D eigenvalue weighted by molar-refractivity contribution is 7.85. The van der Waals surface area contributed by atoms with Crippen LogP contribution in [0.2, 0.25) is 0 Å². The van der Waals surface area contributed by atoms with Crippen molar-refractivity contribution in [2.45, 2.75) is 18.2 Å². The first kappa shape index (κ1) is 13.4. The predicted octanol–water partition coefficient (Wildman–Crippen LogP) is 1.56. The first-order chi connectivity index (χ1) is 8.81. The average molecular weight is 269 g/mol. The topological polar surface area (TPSA) is 47.6 Å². The smallest absolute Gasteiger partial charge is 0.162 e. The molecule has 0 saturated heterocycles. The lowest BCUT2D eigenvalue weighted by Crippen LogP contribution is -2.19. The van der Waals surface area contributed by atoms with E-state index < -0.39 is 10.8 Å².